The van der Waals surface area contributed by atoms with Gasteiger partial charge in [-0.05, 0) is 30.2 Å². The van der Waals surface area contributed by atoms with Gasteiger partial charge in [-0.3, -0.25) is 0 Å². The van der Waals surface area contributed by atoms with Gasteiger partial charge in [-0.15, -0.1) is 0 Å². The number of benzene rings is 1. The Morgan fingerprint density at radius 3 is 2.25 bits per heavy atom. The second kappa shape index (κ2) is 3.85. The van der Waals surface area contributed by atoms with Crippen molar-refractivity contribution in [2.75, 3.05) is 0 Å². The Balaban J connectivity index is 1.83. The Bertz CT molecular complexity index is 364. The van der Waals surface area contributed by atoms with Gasteiger partial charge in [0.25, 0.3) is 0 Å². The van der Waals surface area contributed by atoms with Gasteiger partial charge in [0.15, 0.2) is 0 Å². The first-order valence-electron chi connectivity index (χ1n) is 6.16. The molecule has 0 amide bonds. The number of halogens is 1. The lowest BCUT2D eigenvalue weighted by Gasteiger charge is -2.18. The number of rotatable bonds is 2. The molecule has 0 aliphatic heterocycles. The van der Waals surface area contributed by atoms with E-state index in [0.29, 0.717) is 11.8 Å². The lowest BCUT2D eigenvalue weighted by atomic mass is 10.0. The average Bonchev–Trinajstić information content (AvgIpc) is 2.98. The van der Waals surface area contributed by atoms with Crippen LogP contribution in [0.5, 0.6) is 0 Å². The molecule has 2 saturated carbocycles. The van der Waals surface area contributed by atoms with Gasteiger partial charge in [0.05, 0.1) is 10.4 Å². The minimum Gasteiger partial charge on any atom is -0.387 e. The van der Waals surface area contributed by atoms with E-state index in [2.05, 4.69) is 15.9 Å². The SMILES string of the molecule is O[C@H](c1ccccc1)C1(Br)[C@@H]2CCCC[C@@H]21. The summed E-state index contributed by atoms with van der Waals surface area (Å²) in [7, 11) is 0. The fourth-order valence-electron chi connectivity index (χ4n) is 3.39. The Hall–Kier alpha value is -0.340. The van der Waals surface area contributed by atoms with Crippen molar-refractivity contribution < 1.29 is 5.11 Å². The standard InChI is InChI=1S/C14H17BrO/c15-14(11-8-4-5-9-12(11)14)13(16)10-6-2-1-3-7-10/h1-3,6-7,11-13,16H,4-5,8-9H2/t11-,12+,13-,14?/m1/s1. The van der Waals surface area contributed by atoms with E-state index >= 15 is 0 Å². The van der Waals surface area contributed by atoms with Crippen molar-refractivity contribution in [1.82, 2.24) is 0 Å². The first-order chi connectivity index (χ1) is 7.74. The van der Waals surface area contributed by atoms with E-state index in [1.54, 1.807) is 0 Å². The van der Waals surface area contributed by atoms with Gasteiger partial charge in [0.1, 0.15) is 0 Å². The Labute approximate surface area is 105 Å². The normalized spacial score (nSPS) is 38.9. The predicted molar refractivity (Wildman–Crippen MR) is 68.5 cm³/mol. The van der Waals surface area contributed by atoms with Crippen LogP contribution < -0.4 is 0 Å². The summed E-state index contributed by atoms with van der Waals surface area (Å²) in [5, 5.41) is 10.5. The average molecular weight is 281 g/mol. The molecule has 2 aliphatic carbocycles. The summed E-state index contributed by atoms with van der Waals surface area (Å²) in [5.41, 5.74) is 1.05. The topological polar surface area (TPSA) is 20.2 Å². The van der Waals surface area contributed by atoms with Gasteiger partial charge < -0.3 is 5.11 Å². The van der Waals surface area contributed by atoms with Crippen molar-refractivity contribution in [3.05, 3.63) is 35.9 Å². The number of aliphatic hydroxyl groups excluding tert-OH is 1. The highest BCUT2D eigenvalue weighted by Crippen LogP contribution is 2.68. The van der Waals surface area contributed by atoms with Crippen LogP contribution in [-0.2, 0) is 0 Å². The fourth-order valence-corrected chi connectivity index (χ4v) is 4.62. The molecule has 0 heterocycles. The molecule has 3 rings (SSSR count). The van der Waals surface area contributed by atoms with Gasteiger partial charge in [0.2, 0.25) is 0 Å². The molecule has 0 radical (unpaired) electrons. The van der Waals surface area contributed by atoms with Gasteiger partial charge >= 0.3 is 0 Å². The highest BCUT2D eigenvalue weighted by Gasteiger charge is 2.66. The van der Waals surface area contributed by atoms with E-state index in [4.69, 9.17) is 0 Å². The van der Waals surface area contributed by atoms with Crippen molar-refractivity contribution in [3.63, 3.8) is 0 Å². The number of hydrogen-bond donors (Lipinski definition) is 1. The zero-order chi connectivity index (χ0) is 11.2. The smallest absolute Gasteiger partial charge is 0.0948 e. The number of fused-ring (bicyclic) bond motifs is 1. The lowest BCUT2D eigenvalue weighted by Crippen LogP contribution is -2.17. The molecule has 0 bridgehead atoms. The van der Waals surface area contributed by atoms with Crippen molar-refractivity contribution >= 4 is 15.9 Å². The minimum atomic E-state index is -0.346. The second-order valence-electron chi connectivity index (χ2n) is 5.14. The number of hydrogen-bond acceptors (Lipinski definition) is 1. The molecule has 2 fully saturated rings. The zero-order valence-corrected chi connectivity index (χ0v) is 10.9. The minimum absolute atomic E-state index is 0.0230. The molecule has 0 spiro atoms. The molecule has 16 heavy (non-hydrogen) atoms. The summed E-state index contributed by atoms with van der Waals surface area (Å²) in [6, 6.07) is 10.1. The van der Waals surface area contributed by atoms with Crippen LogP contribution in [0.3, 0.4) is 0 Å². The molecule has 2 aliphatic rings. The summed E-state index contributed by atoms with van der Waals surface area (Å²) in [5.74, 6) is 1.38. The number of aliphatic hydroxyl groups is 1. The lowest BCUT2D eigenvalue weighted by molar-refractivity contribution is 0.159. The molecule has 1 nitrogen and oxygen atoms in total. The molecule has 0 saturated heterocycles. The molecular weight excluding hydrogens is 264 g/mol. The summed E-state index contributed by atoms with van der Waals surface area (Å²) < 4.78 is -0.0230. The molecule has 4 atom stereocenters. The number of alkyl halides is 1. The van der Waals surface area contributed by atoms with E-state index in [0.717, 1.165) is 5.56 Å². The molecule has 1 aromatic carbocycles. The largest absolute Gasteiger partial charge is 0.387 e. The molecule has 1 N–H and O–H groups in total. The van der Waals surface area contributed by atoms with E-state index in [1.165, 1.54) is 25.7 Å². The second-order valence-corrected chi connectivity index (χ2v) is 6.51. The quantitative estimate of drug-likeness (QED) is 0.820. The van der Waals surface area contributed by atoms with Crippen LogP contribution in [-0.4, -0.2) is 9.43 Å². The summed E-state index contributed by atoms with van der Waals surface area (Å²) in [6.07, 6.45) is 4.87. The maximum Gasteiger partial charge on any atom is 0.0948 e. The van der Waals surface area contributed by atoms with Crippen LogP contribution in [0.4, 0.5) is 0 Å². The first-order valence-corrected chi connectivity index (χ1v) is 6.96. The first kappa shape index (κ1) is 10.8. The van der Waals surface area contributed by atoms with Crippen LogP contribution in [0.2, 0.25) is 0 Å². The highest BCUT2D eigenvalue weighted by atomic mass is 79.9. The van der Waals surface area contributed by atoms with Crippen molar-refractivity contribution in [2.24, 2.45) is 11.8 Å². The van der Waals surface area contributed by atoms with Crippen LogP contribution in [0.25, 0.3) is 0 Å². The zero-order valence-electron chi connectivity index (χ0n) is 9.27. The molecule has 86 valence electrons. The summed E-state index contributed by atoms with van der Waals surface area (Å²) in [6.45, 7) is 0. The Morgan fingerprint density at radius 1 is 1.12 bits per heavy atom. The fraction of sp³-hybridized carbons (Fsp3) is 0.571. The molecular formula is C14H17BrO. The molecule has 2 heteroatoms. The van der Waals surface area contributed by atoms with Crippen LogP contribution in [0.15, 0.2) is 30.3 Å². The third-order valence-electron chi connectivity index (χ3n) is 4.33. The molecule has 0 aromatic heterocycles. The maximum absolute atomic E-state index is 10.5. The van der Waals surface area contributed by atoms with Crippen LogP contribution >= 0.6 is 15.9 Å². The monoisotopic (exact) mass is 280 g/mol. The third-order valence-corrected chi connectivity index (χ3v) is 5.94. The molecule has 1 unspecified atom stereocenters. The van der Waals surface area contributed by atoms with E-state index in [-0.39, 0.29) is 10.4 Å². The third kappa shape index (κ3) is 1.46. The van der Waals surface area contributed by atoms with Crippen molar-refractivity contribution in [1.29, 1.82) is 0 Å². The van der Waals surface area contributed by atoms with Crippen molar-refractivity contribution in [3.8, 4) is 0 Å². The maximum atomic E-state index is 10.5. The van der Waals surface area contributed by atoms with E-state index < -0.39 is 0 Å². The van der Waals surface area contributed by atoms with Gasteiger partial charge in [-0.1, -0.05) is 59.1 Å². The molecule has 1 aromatic rings. The Kier molecular flexibility index (Phi) is 2.60. The van der Waals surface area contributed by atoms with Gasteiger partial charge in [-0.25, -0.2) is 0 Å². The summed E-state index contributed by atoms with van der Waals surface area (Å²) >= 11 is 3.84. The van der Waals surface area contributed by atoms with Gasteiger partial charge in [-0.2, -0.15) is 0 Å². The Morgan fingerprint density at radius 2 is 1.69 bits per heavy atom. The van der Waals surface area contributed by atoms with Gasteiger partial charge in [0, 0.05) is 0 Å². The van der Waals surface area contributed by atoms with E-state index in [9.17, 15) is 5.11 Å². The predicted octanol–water partition coefficient (Wildman–Crippen LogP) is 3.67. The van der Waals surface area contributed by atoms with Crippen molar-refractivity contribution in [2.45, 2.75) is 36.1 Å². The van der Waals surface area contributed by atoms with Crippen LogP contribution in [0, 0.1) is 11.8 Å². The highest BCUT2D eigenvalue weighted by molar-refractivity contribution is 9.10. The summed E-state index contributed by atoms with van der Waals surface area (Å²) in [4.78, 5) is 0. The van der Waals surface area contributed by atoms with E-state index in [1.807, 2.05) is 30.3 Å². The van der Waals surface area contributed by atoms with Crippen LogP contribution in [0.1, 0.15) is 37.4 Å².